The highest BCUT2D eigenvalue weighted by Gasteiger charge is 2.20. The van der Waals surface area contributed by atoms with Gasteiger partial charge in [-0.25, -0.2) is 4.98 Å². The molecule has 88 valence electrons. The van der Waals surface area contributed by atoms with Crippen LogP contribution in [0.4, 0.5) is 0 Å². The zero-order valence-electron chi connectivity index (χ0n) is 9.81. The van der Waals surface area contributed by atoms with E-state index < -0.39 is 0 Å². The summed E-state index contributed by atoms with van der Waals surface area (Å²) in [6, 6.07) is 7.79. The second kappa shape index (κ2) is 3.96. The summed E-state index contributed by atoms with van der Waals surface area (Å²) >= 11 is 0. The van der Waals surface area contributed by atoms with Crippen molar-refractivity contribution in [3.05, 3.63) is 40.4 Å². The standard InChI is InChI=1S/C13H15N3O/c1-9-15-12-5-3-2-4-11(12)13(17)16(9)10-6-7-14-8-10/h2-5,10,14H,6-8H2,1H3. The van der Waals surface area contributed by atoms with Gasteiger partial charge in [0, 0.05) is 6.54 Å². The number of aromatic nitrogens is 2. The fraction of sp³-hybridized carbons (Fsp3) is 0.385. The molecule has 0 radical (unpaired) electrons. The molecule has 3 rings (SSSR count). The molecular weight excluding hydrogens is 214 g/mol. The Balaban J connectivity index is 2.27. The Labute approximate surface area is 99.3 Å². The Kier molecular flexibility index (Phi) is 2.44. The van der Waals surface area contributed by atoms with Gasteiger partial charge in [0.2, 0.25) is 0 Å². The lowest BCUT2D eigenvalue weighted by Crippen LogP contribution is -2.29. The largest absolute Gasteiger partial charge is 0.315 e. The van der Waals surface area contributed by atoms with E-state index in [0.717, 1.165) is 30.9 Å². The summed E-state index contributed by atoms with van der Waals surface area (Å²) < 4.78 is 1.84. The van der Waals surface area contributed by atoms with E-state index in [2.05, 4.69) is 10.3 Å². The number of hydrogen-bond donors (Lipinski definition) is 1. The molecule has 1 atom stereocenters. The molecule has 1 unspecified atom stereocenters. The van der Waals surface area contributed by atoms with Crippen LogP contribution in [-0.2, 0) is 0 Å². The van der Waals surface area contributed by atoms with Gasteiger partial charge >= 0.3 is 0 Å². The monoisotopic (exact) mass is 229 g/mol. The molecule has 1 N–H and O–H groups in total. The van der Waals surface area contributed by atoms with E-state index in [1.54, 1.807) is 0 Å². The van der Waals surface area contributed by atoms with Crippen molar-refractivity contribution in [2.45, 2.75) is 19.4 Å². The molecule has 1 aliphatic heterocycles. The fourth-order valence-corrected chi connectivity index (χ4v) is 2.55. The van der Waals surface area contributed by atoms with E-state index in [4.69, 9.17) is 0 Å². The minimum atomic E-state index is 0.0850. The van der Waals surface area contributed by atoms with Crippen LogP contribution in [0.3, 0.4) is 0 Å². The topological polar surface area (TPSA) is 46.9 Å². The highest BCUT2D eigenvalue weighted by Crippen LogP contribution is 2.16. The smallest absolute Gasteiger partial charge is 0.261 e. The van der Waals surface area contributed by atoms with Crippen LogP contribution in [0.15, 0.2) is 29.1 Å². The Morgan fingerprint density at radius 3 is 3.00 bits per heavy atom. The number of para-hydroxylation sites is 1. The van der Waals surface area contributed by atoms with Crippen LogP contribution in [0.5, 0.6) is 0 Å². The van der Waals surface area contributed by atoms with E-state index in [0.29, 0.717) is 5.39 Å². The van der Waals surface area contributed by atoms with Gasteiger partial charge in [0.05, 0.1) is 16.9 Å². The third kappa shape index (κ3) is 1.65. The molecule has 0 spiro atoms. The van der Waals surface area contributed by atoms with Crippen LogP contribution in [0.1, 0.15) is 18.3 Å². The van der Waals surface area contributed by atoms with Crippen LogP contribution in [0, 0.1) is 6.92 Å². The van der Waals surface area contributed by atoms with Gasteiger partial charge in [-0.3, -0.25) is 9.36 Å². The minimum Gasteiger partial charge on any atom is -0.315 e. The van der Waals surface area contributed by atoms with Crippen LogP contribution in [-0.4, -0.2) is 22.6 Å². The summed E-state index contributed by atoms with van der Waals surface area (Å²) in [7, 11) is 0. The Morgan fingerprint density at radius 1 is 1.41 bits per heavy atom. The molecular formula is C13H15N3O. The first-order valence-electron chi connectivity index (χ1n) is 5.96. The first kappa shape index (κ1) is 10.5. The molecule has 2 aromatic rings. The minimum absolute atomic E-state index is 0.0850. The zero-order valence-corrected chi connectivity index (χ0v) is 9.81. The molecule has 1 aromatic heterocycles. The summed E-state index contributed by atoms with van der Waals surface area (Å²) in [4.78, 5) is 16.9. The maximum atomic E-state index is 12.4. The van der Waals surface area contributed by atoms with E-state index in [1.807, 2.05) is 35.8 Å². The Bertz CT molecular complexity index is 612. The maximum absolute atomic E-state index is 12.4. The van der Waals surface area contributed by atoms with E-state index in [-0.39, 0.29) is 11.6 Å². The highest BCUT2D eigenvalue weighted by atomic mass is 16.1. The molecule has 2 heterocycles. The van der Waals surface area contributed by atoms with Gasteiger partial charge < -0.3 is 5.32 Å². The predicted molar refractivity (Wildman–Crippen MR) is 67.3 cm³/mol. The molecule has 1 saturated heterocycles. The van der Waals surface area contributed by atoms with Gasteiger partial charge in [-0.15, -0.1) is 0 Å². The Morgan fingerprint density at radius 2 is 2.24 bits per heavy atom. The average molecular weight is 229 g/mol. The number of nitrogens with zero attached hydrogens (tertiary/aromatic N) is 2. The van der Waals surface area contributed by atoms with Gasteiger partial charge in [-0.2, -0.15) is 0 Å². The first-order valence-corrected chi connectivity index (χ1v) is 5.96. The van der Waals surface area contributed by atoms with Crippen molar-refractivity contribution in [3.63, 3.8) is 0 Å². The van der Waals surface area contributed by atoms with Gasteiger partial charge in [0.1, 0.15) is 5.82 Å². The molecule has 0 amide bonds. The normalized spacial score (nSPS) is 19.9. The molecule has 0 saturated carbocycles. The van der Waals surface area contributed by atoms with E-state index in [1.165, 1.54) is 0 Å². The van der Waals surface area contributed by atoms with Crippen LogP contribution >= 0.6 is 0 Å². The number of fused-ring (bicyclic) bond motifs is 1. The zero-order chi connectivity index (χ0) is 11.8. The lowest BCUT2D eigenvalue weighted by molar-refractivity contribution is 0.510. The van der Waals surface area contributed by atoms with Crippen LogP contribution < -0.4 is 10.9 Å². The van der Waals surface area contributed by atoms with Crippen molar-refractivity contribution in [2.75, 3.05) is 13.1 Å². The van der Waals surface area contributed by atoms with Crippen molar-refractivity contribution in [3.8, 4) is 0 Å². The van der Waals surface area contributed by atoms with E-state index >= 15 is 0 Å². The first-order chi connectivity index (χ1) is 8.27. The lowest BCUT2D eigenvalue weighted by atomic mass is 10.2. The Hall–Kier alpha value is -1.68. The van der Waals surface area contributed by atoms with Crippen molar-refractivity contribution >= 4 is 10.9 Å². The molecule has 4 nitrogen and oxygen atoms in total. The fourth-order valence-electron chi connectivity index (χ4n) is 2.55. The van der Waals surface area contributed by atoms with Crippen LogP contribution in [0.2, 0.25) is 0 Å². The highest BCUT2D eigenvalue weighted by molar-refractivity contribution is 5.77. The van der Waals surface area contributed by atoms with Crippen LogP contribution in [0.25, 0.3) is 10.9 Å². The van der Waals surface area contributed by atoms with Crippen molar-refractivity contribution in [1.29, 1.82) is 0 Å². The van der Waals surface area contributed by atoms with Gasteiger partial charge in [0.25, 0.3) is 5.56 Å². The average Bonchev–Trinajstić information content (AvgIpc) is 2.83. The quantitative estimate of drug-likeness (QED) is 0.800. The van der Waals surface area contributed by atoms with Gasteiger partial charge in [-0.1, -0.05) is 12.1 Å². The molecule has 4 heteroatoms. The predicted octanol–water partition coefficient (Wildman–Crippen LogP) is 1.24. The molecule has 0 bridgehead atoms. The third-order valence-electron chi connectivity index (χ3n) is 3.38. The maximum Gasteiger partial charge on any atom is 0.261 e. The van der Waals surface area contributed by atoms with Crippen molar-refractivity contribution in [2.24, 2.45) is 0 Å². The summed E-state index contributed by atoms with van der Waals surface area (Å²) in [5.41, 5.74) is 0.874. The summed E-state index contributed by atoms with van der Waals surface area (Å²) in [6.07, 6.45) is 1.00. The number of rotatable bonds is 1. The number of nitrogens with one attached hydrogen (secondary N) is 1. The number of aryl methyl sites for hydroxylation is 1. The molecule has 1 aromatic carbocycles. The second-order valence-electron chi connectivity index (χ2n) is 4.50. The number of benzene rings is 1. The molecule has 0 aliphatic carbocycles. The molecule has 1 fully saturated rings. The lowest BCUT2D eigenvalue weighted by Gasteiger charge is -2.16. The summed E-state index contributed by atoms with van der Waals surface area (Å²) in [6.45, 7) is 3.75. The SMILES string of the molecule is Cc1nc2ccccc2c(=O)n1C1CCNC1. The van der Waals surface area contributed by atoms with Gasteiger partial charge in [-0.05, 0) is 32.0 Å². The molecule has 1 aliphatic rings. The summed E-state index contributed by atoms with van der Waals surface area (Å²) in [5, 5.41) is 4.00. The second-order valence-corrected chi connectivity index (χ2v) is 4.50. The molecule has 17 heavy (non-hydrogen) atoms. The van der Waals surface area contributed by atoms with Crippen molar-refractivity contribution in [1.82, 2.24) is 14.9 Å². The van der Waals surface area contributed by atoms with E-state index in [9.17, 15) is 4.79 Å². The third-order valence-corrected chi connectivity index (χ3v) is 3.38. The van der Waals surface area contributed by atoms with Gasteiger partial charge in [0.15, 0.2) is 0 Å². The summed E-state index contributed by atoms with van der Waals surface area (Å²) in [5.74, 6) is 0.808. The number of hydrogen-bond acceptors (Lipinski definition) is 3. The van der Waals surface area contributed by atoms with Crippen molar-refractivity contribution < 1.29 is 0 Å².